The molecule has 0 aliphatic rings. The molecule has 0 aliphatic carbocycles. The van der Waals surface area contributed by atoms with Crippen molar-refractivity contribution in [3.8, 4) is 0 Å². The molecule has 0 amide bonds. The lowest BCUT2D eigenvalue weighted by Crippen LogP contribution is -1.97. The summed E-state index contributed by atoms with van der Waals surface area (Å²) in [5.74, 6) is 0.830. The topological polar surface area (TPSA) is 20.2 Å². The summed E-state index contributed by atoms with van der Waals surface area (Å²) in [7, 11) is 0. The number of aliphatic hydroxyl groups excluding tert-OH is 1. The average molecular weight is 381 g/mol. The Labute approximate surface area is 172 Å². The van der Waals surface area contributed by atoms with Gasteiger partial charge in [0.1, 0.15) is 0 Å². The number of rotatable bonds is 22. The number of hydrogen-bond donors (Lipinski definition) is 1. The molecule has 0 bridgehead atoms. The Hall–Kier alpha value is -0.300. The Morgan fingerprint density at radius 1 is 0.556 bits per heavy atom. The summed E-state index contributed by atoms with van der Waals surface area (Å²) >= 11 is 0. The largest absolute Gasteiger partial charge is 0.396 e. The smallest absolute Gasteiger partial charge is 0.0431 e. The van der Waals surface area contributed by atoms with E-state index in [1.54, 1.807) is 0 Å². The fourth-order valence-electron chi connectivity index (χ4n) is 3.90. The number of aliphatic hydroxyl groups is 1. The highest BCUT2D eigenvalue weighted by molar-refractivity contribution is 4.88. The molecule has 0 unspecified atom stereocenters. The number of allylic oxidation sites excluding steroid dienone is 2. The van der Waals surface area contributed by atoms with E-state index in [1.807, 2.05) is 0 Å². The molecule has 0 saturated carbocycles. The molecule has 0 rings (SSSR count). The third kappa shape index (κ3) is 21.9. The first-order valence-corrected chi connectivity index (χ1v) is 12.6. The molecule has 0 spiro atoms. The van der Waals surface area contributed by atoms with Crippen LogP contribution in [0.25, 0.3) is 0 Å². The SMILES string of the molecule is CCCCCCCCC(/C=C/CCCCCCCO)CCCCCCCC. The van der Waals surface area contributed by atoms with E-state index >= 15 is 0 Å². The van der Waals surface area contributed by atoms with Gasteiger partial charge in [0.25, 0.3) is 0 Å². The second-order valence-corrected chi connectivity index (χ2v) is 8.58. The molecule has 0 saturated heterocycles. The van der Waals surface area contributed by atoms with Crippen LogP contribution < -0.4 is 0 Å². The van der Waals surface area contributed by atoms with Crippen LogP contribution in [0.3, 0.4) is 0 Å². The molecule has 1 heteroatoms. The zero-order chi connectivity index (χ0) is 19.8. The zero-order valence-corrected chi connectivity index (χ0v) is 19.0. The minimum atomic E-state index is 0.360. The van der Waals surface area contributed by atoms with E-state index in [0.717, 1.165) is 12.3 Å². The van der Waals surface area contributed by atoms with Crippen molar-refractivity contribution in [3.63, 3.8) is 0 Å². The van der Waals surface area contributed by atoms with Crippen LogP contribution >= 0.6 is 0 Å². The molecule has 0 heterocycles. The molecule has 162 valence electrons. The van der Waals surface area contributed by atoms with Crippen LogP contribution in [-0.4, -0.2) is 11.7 Å². The van der Waals surface area contributed by atoms with Crippen LogP contribution in [0.5, 0.6) is 0 Å². The van der Waals surface area contributed by atoms with Gasteiger partial charge in [0.05, 0.1) is 0 Å². The Balaban J connectivity index is 3.90. The van der Waals surface area contributed by atoms with Crippen LogP contribution in [0, 0.1) is 5.92 Å². The molecule has 0 fully saturated rings. The summed E-state index contributed by atoms with van der Waals surface area (Å²) in [6.07, 6.45) is 32.2. The summed E-state index contributed by atoms with van der Waals surface area (Å²) in [5, 5.41) is 8.82. The van der Waals surface area contributed by atoms with Crippen LogP contribution in [0.1, 0.15) is 142 Å². The van der Waals surface area contributed by atoms with Crippen LogP contribution in [0.2, 0.25) is 0 Å². The Kier molecular flexibility index (Phi) is 23.5. The predicted molar refractivity (Wildman–Crippen MR) is 123 cm³/mol. The maximum absolute atomic E-state index is 8.82. The number of hydrogen-bond acceptors (Lipinski definition) is 1. The molecule has 0 aromatic rings. The first-order chi connectivity index (χ1) is 13.3. The van der Waals surface area contributed by atoms with Gasteiger partial charge in [0, 0.05) is 6.61 Å². The van der Waals surface area contributed by atoms with Crippen molar-refractivity contribution in [2.24, 2.45) is 5.92 Å². The minimum absolute atomic E-state index is 0.360. The molecule has 27 heavy (non-hydrogen) atoms. The molecule has 0 atom stereocenters. The molecule has 0 radical (unpaired) electrons. The number of unbranched alkanes of at least 4 members (excludes halogenated alkanes) is 15. The minimum Gasteiger partial charge on any atom is -0.396 e. The van der Waals surface area contributed by atoms with Crippen molar-refractivity contribution >= 4 is 0 Å². The van der Waals surface area contributed by atoms with E-state index in [9.17, 15) is 0 Å². The average Bonchev–Trinajstić information content (AvgIpc) is 2.68. The van der Waals surface area contributed by atoms with Crippen molar-refractivity contribution in [1.29, 1.82) is 0 Å². The van der Waals surface area contributed by atoms with Gasteiger partial charge in [-0.2, -0.15) is 0 Å². The lowest BCUT2D eigenvalue weighted by Gasteiger charge is -2.13. The van der Waals surface area contributed by atoms with Gasteiger partial charge in [0.15, 0.2) is 0 Å². The zero-order valence-electron chi connectivity index (χ0n) is 19.0. The van der Waals surface area contributed by atoms with E-state index in [-0.39, 0.29) is 0 Å². The molecule has 1 nitrogen and oxygen atoms in total. The Morgan fingerprint density at radius 2 is 1.00 bits per heavy atom. The lowest BCUT2D eigenvalue weighted by atomic mass is 9.93. The monoisotopic (exact) mass is 380 g/mol. The van der Waals surface area contributed by atoms with Gasteiger partial charge in [-0.15, -0.1) is 0 Å². The highest BCUT2D eigenvalue weighted by Crippen LogP contribution is 2.21. The molecule has 1 N–H and O–H groups in total. The normalized spacial score (nSPS) is 11.9. The summed E-state index contributed by atoms with van der Waals surface area (Å²) in [6, 6.07) is 0. The van der Waals surface area contributed by atoms with E-state index < -0.39 is 0 Å². The predicted octanol–water partition coefficient (Wildman–Crippen LogP) is 8.99. The third-order valence-corrected chi connectivity index (χ3v) is 5.79. The van der Waals surface area contributed by atoms with Crippen molar-refractivity contribution in [3.05, 3.63) is 12.2 Å². The highest BCUT2D eigenvalue weighted by atomic mass is 16.2. The van der Waals surface area contributed by atoms with Crippen molar-refractivity contribution in [2.45, 2.75) is 142 Å². The van der Waals surface area contributed by atoms with E-state index in [2.05, 4.69) is 26.0 Å². The van der Waals surface area contributed by atoms with E-state index in [4.69, 9.17) is 5.11 Å². The maximum Gasteiger partial charge on any atom is 0.0431 e. The lowest BCUT2D eigenvalue weighted by molar-refractivity contribution is 0.282. The van der Waals surface area contributed by atoms with Gasteiger partial charge >= 0.3 is 0 Å². The second kappa shape index (κ2) is 23.7. The summed E-state index contributed by atoms with van der Waals surface area (Å²) in [5.41, 5.74) is 0. The summed E-state index contributed by atoms with van der Waals surface area (Å²) < 4.78 is 0. The summed E-state index contributed by atoms with van der Waals surface area (Å²) in [4.78, 5) is 0. The maximum atomic E-state index is 8.82. The van der Waals surface area contributed by atoms with Gasteiger partial charge in [0.2, 0.25) is 0 Å². The quantitative estimate of drug-likeness (QED) is 0.147. The highest BCUT2D eigenvalue weighted by Gasteiger charge is 2.05. The fraction of sp³-hybridized carbons (Fsp3) is 0.923. The second-order valence-electron chi connectivity index (χ2n) is 8.58. The third-order valence-electron chi connectivity index (χ3n) is 5.79. The van der Waals surface area contributed by atoms with Gasteiger partial charge in [-0.3, -0.25) is 0 Å². The van der Waals surface area contributed by atoms with Gasteiger partial charge in [-0.05, 0) is 38.0 Å². The summed E-state index contributed by atoms with van der Waals surface area (Å²) in [6.45, 7) is 4.96. The van der Waals surface area contributed by atoms with Gasteiger partial charge in [-0.1, -0.05) is 122 Å². The first kappa shape index (κ1) is 26.7. The van der Waals surface area contributed by atoms with E-state index in [0.29, 0.717) is 6.61 Å². The Bertz CT molecular complexity index is 268. The Morgan fingerprint density at radius 3 is 1.52 bits per heavy atom. The molecular weight excluding hydrogens is 328 g/mol. The van der Waals surface area contributed by atoms with Gasteiger partial charge in [-0.25, -0.2) is 0 Å². The molecule has 0 aliphatic heterocycles. The van der Waals surface area contributed by atoms with Crippen LogP contribution in [0.4, 0.5) is 0 Å². The van der Waals surface area contributed by atoms with Crippen molar-refractivity contribution in [1.82, 2.24) is 0 Å². The first-order valence-electron chi connectivity index (χ1n) is 12.6. The molecular formula is C26H52O. The molecule has 0 aromatic carbocycles. The van der Waals surface area contributed by atoms with Crippen LogP contribution in [-0.2, 0) is 0 Å². The standard InChI is InChI=1S/C26H52O/c1-3-5-7-9-14-18-22-26(23-19-15-10-8-6-4-2)24-20-16-12-11-13-17-21-25-27/h20,24,26-27H,3-19,21-23,25H2,1-2H3/b24-20+. The van der Waals surface area contributed by atoms with Gasteiger partial charge < -0.3 is 5.11 Å². The van der Waals surface area contributed by atoms with Crippen molar-refractivity contribution in [2.75, 3.05) is 6.61 Å². The van der Waals surface area contributed by atoms with Crippen molar-refractivity contribution < 1.29 is 5.11 Å². The fourth-order valence-corrected chi connectivity index (χ4v) is 3.90. The molecule has 0 aromatic heterocycles. The van der Waals surface area contributed by atoms with E-state index in [1.165, 1.54) is 122 Å². The van der Waals surface area contributed by atoms with Crippen LogP contribution in [0.15, 0.2) is 12.2 Å².